The Kier molecular flexibility index (Phi) is 13.0. The minimum Gasteiger partial charge on any atom is -0.423 e. The summed E-state index contributed by atoms with van der Waals surface area (Å²) in [6, 6.07) is 11.7. The fourth-order valence-electron chi connectivity index (χ4n) is 4.55. The van der Waals surface area contributed by atoms with Crippen molar-refractivity contribution in [1.82, 2.24) is 9.97 Å². The molecule has 0 saturated heterocycles. The van der Waals surface area contributed by atoms with E-state index in [0.717, 1.165) is 36.8 Å². The Morgan fingerprint density at radius 3 is 1.92 bits per heavy atom. The average Bonchev–Trinajstić information content (AvgIpc) is 2.94. The number of halogens is 1. The van der Waals surface area contributed by atoms with Crippen molar-refractivity contribution in [3.05, 3.63) is 77.4 Å². The van der Waals surface area contributed by atoms with Crippen LogP contribution in [0, 0.1) is 5.82 Å². The van der Waals surface area contributed by atoms with Crippen LogP contribution in [0.2, 0.25) is 0 Å². The van der Waals surface area contributed by atoms with Gasteiger partial charge in [0, 0.05) is 18.0 Å². The number of unbranched alkanes of at least 4 members (excludes halogenated alkanes) is 10. The number of carbonyl (C=O) groups is 1. The van der Waals surface area contributed by atoms with Gasteiger partial charge in [0.15, 0.2) is 5.82 Å². The van der Waals surface area contributed by atoms with Gasteiger partial charge in [-0.25, -0.2) is 19.2 Å². The van der Waals surface area contributed by atoms with Gasteiger partial charge in [-0.05, 0) is 73.2 Å². The highest BCUT2D eigenvalue weighted by molar-refractivity contribution is 5.91. The Morgan fingerprint density at radius 2 is 1.32 bits per heavy atom. The van der Waals surface area contributed by atoms with Gasteiger partial charge in [-0.1, -0.05) is 84.1 Å². The molecule has 0 fully saturated rings. The van der Waals surface area contributed by atoms with Crippen LogP contribution in [-0.4, -0.2) is 15.9 Å². The molecule has 0 aliphatic carbocycles. The summed E-state index contributed by atoms with van der Waals surface area (Å²) in [5.41, 5.74) is 2.86. The molecule has 0 N–H and O–H groups in total. The molecule has 1 heterocycles. The fourth-order valence-corrected chi connectivity index (χ4v) is 4.55. The van der Waals surface area contributed by atoms with Crippen LogP contribution >= 0.6 is 0 Å². The minimum absolute atomic E-state index is 0.212. The van der Waals surface area contributed by atoms with E-state index < -0.39 is 5.97 Å². The zero-order valence-corrected chi connectivity index (χ0v) is 23.2. The number of nitrogens with zero attached hydrogens (tertiary/aromatic N) is 2. The molecule has 0 bridgehead atoms. The van der Waals surface area contributed by atoms with Gasteiger partial charge in [0.1, 0.15) is 11.6 Å². The minimum atomic E-state index is -0.571. The van der Waals surface area contributed by atoms with E-state index in [2.05, 4.69) is 23.8 Å². The summed E-state index contributed by atoms with van der Waals surface area (Å²) in [7, 11) is 0. The monoisotopic (exact) mass is 518 g/mol. The Balaban J connectivity index is 1.46. The molecular weight excluding hydrogens is 475 g/mol. The lowest BCUT2D eigenvalue weighted by Gasteiger charge is -2.08. The maximum Gasteiger partial charge on any atom is 0.343 e. The van der Waals surface area contributed by atoms with Crippen LogP contribution in [0.25, 0.3) is 11.4 Å². The summed E-state index contributed by atoms with van der Waals surface area (Å²) < 4.78 is 20.1. The summed E-state index contributed by atoms with van der Waals surface area (Å²) >= 11 is 0. The van der Waals surface area contributed by atoms with Crippen molar-refractivity contribution in [2.75, 3.05) is 0 Å². The van der Waals surface area contributed by atoms with E-state index in [1.54, 1.807) is 24.3 Å². The van der Waals surface area contributed by atoms with Crippen molar-refractivity contribution in [3.63, 3.8) is 0 Å². The van der Waals surface area contributed by atoms with E-state index in [0.29, 0.717) is 23.6 Å². The summed E-state index contributed by atoms with van der Waals surface area (Å²) in [5, 5.41) is 0. The Bertz CT molecular complexity index is 1100. The Morgan fingerprint density at radius 1 is 0.737 bits per heavy atom. The number of benzene rings is 2. The van der Waals surface area contributed by atoms with Crippen molar-refractivity contribution in [1.29, 1.82) is 0 Å². The number of hydrogen-bond donors (Lipinski definition) is 0. The van der Waals surface area contributed by atoms with Crippen LogP contribution in [0.4, 0.5) is 4.39 Å². The van der Waals surface area contributed by atoms with Crippen LogP contribution in [0.3, 0.4) is 0 Å². The molecule has 4 nitrogen and oxygen atoms in total. The number of rotatable bonds is 17. The first-order valence-corrected chi connectivity index (χ1v) is 14.5. The molecule has 2 aromatic carbocycles. The molecule has 38 heavy (non-hydrogen) atoms. The quantitative estimate of drug-likeness (QED) is 0.101. The average molecular weight is 519 g/mol. The van der Waals surface area contributed by atoms with Gasteiger partial charge in [0.2, 0.25) is 0 Å². The van der Waals surface area contributed by atoms with Gasteiger partial charge >= 0.3 is 5.97 Å². The third kappa shape index (κ3) is 10.00. The normalized spacial score (nSPS) is 11.0. The number of hydrogen-bond acceptors (Lipinski definition) is 4. The number of aromatic nitrogens is 2. The predicted molar refractivity (Wildman–Crippen MR) is 153 cm³/mol. The fraction of sp³-hybridized carbons (Fsp3) is 0.485. The molecule has 0 saturated carbocycles. The molecular formula is C33H43FN2O2. The maximum atomic E-state index is 14.6. The summed E-state index contributed by atoms with van der Waals surface area (Å²) in [6.45, 7) is 4.44. The highest BCUT2D eigenvalue weighted by atomic mass is 19.1. The number of carbonyl (C=O) groups excluding carboxylic acids is 1. The van der Waals surface area contributed by atoms with Gasteiger partial charge in [-0.15, -0.1) is 0 Å². The molecule has 3 rings (SSSR count). The van der Waals surface area contributed by atoms with Crippen molar-refractivity contribution in [2.45, 2.75) is 104 Å². The first kappa shape index (κ1) is 29.5. The topological polar surface area (TPSA) is 52.1 Å². The second-order valence-corrected chi connectivity index (χ2v) is 10.2. The van der Waals surface area contributed by atoms with E-state index in [-0.39, 0.29) is 11.4 Å². The highest BCUT2D eigenvalue weighted by Crippen LogP contribution is 2.22. The number of ether oxygens (including phenoxy) is 1. The summed E-state index contributed by atoms with van der Waals surface area (Å²) in [6.07, 6.45) is 20.0. The van der Waals surface area contributed by atoms with Crippen LogP contribution in [-0.2, 0) is 12.8 Å². The largest absolute Gasteiger partial charge is 0.423 e. The predicted octanol–water partition coefficient (Wildman–Crippen LogP) is 9.31. The first-order valence-electron chi connectivity index (χ1n) is 14.5. The van der Waals surface area contributed by atoms with E-state index in [1.807, 2.05) is 24.5 Å². The van der Waals surface area contributed by atoms with Crippen molar-refractivity contribution in [3.8, 4) is 17.1 Å². The van der Waals surface area contributed by atoms with Crippen molar-refractivity contribution in [2.24, 2.45) is 0 Å². The van der Waals surface area contributed by atoms with Gasteiger partial charge in [-0.2, -0.15) is 0 Å². The van der Waals surface area contributed by atoms with Crippen molar-refractivity contribution < 1.29 is 13.9 Å². The molecule has 5 heteroatoms. The standard InChI is InChI=1S/C33H43FN2O2/c1-3-5-7-9-10-12-14-16-27-17-18-29(23-31(27)34)33(37)38-30-21-19-28(20-22-30)32-35-24-26(25-36-32)15-13-11-8-6-4-2/h17-25H,3-16H2,1-2H3. The van der Waals surface area contributed by atoms with Gasteiger partial charge in [-0.3, -0.25) is 0 Å². The molecule has 0 unspecified atom stereocenters. The third-order valence-electron chi connectivity index (χ3n) is 6.94. The Hall–Kier alpha value is -3.08. The van der Waals surface area contributed by atoms with E-state index >= 15 is 0 Å². The molecule has 204 valence electrons. The van der Waals surface area contributed by atoms with E-state index in [9.17, 15) is 9.18 Å². The molecule has 0 aliphatic rings. The summed E-state index contributed by atoms with van der Waals surface area (Å²) in [4.78, 5) is 21.6. The highest BCUT2D eigenvalue weighted by Gasteiger charge is 2.13. The smallest absolute Gasteiger partial charge is 0.343 e. The summed E-state index contributed by atoms with van der Waals surface area (Å²) in [5.74, 6) is 0.118. The molecule has 0 amide bonds. The van der Waals surface area contributed by atoms with Crippen LogP contribution in [0.5, 0.6) is 5.75 Å². The second kappa shape index (κ2) is 16.7. The molecule has 0 spiro atoms. The van der Waals surface area contributed by atoms with Crippen LogP contribution in [0.1, 0.15) is 112 Å². The molecule has 0 aliphatic heterocycles. The van der Waals surface area contributed by atoms with Crippen LogP contribution in [0.15, 0.2) is 54.9 Å². The molecule has 0 radical (unpaired) electrons. The third-order valence-corrected chi connectivity index (χ3v) is 6.94. The zero-order valence-electron chi connectivity index (χ0n) is 23.2. The molecule has 0 atom stereocenters. The molecule has 3 aromatic rings. The van der Waals surface area contributed by atoms with E-state index in [4.69, 9.17) is 4.74 Å². The maximum absolute atomic E-state index is 14.6. The van der Waals surface area contributed by atoms with Gasteiger partial charge in [0.05, 0.1) is 5.56 Å². The SMILES string of the molecule is CCCCCCCCCc1ccc(C(=O)Oc2ccc(-c3ncc(CCCCCCC)cn3)cc2)cc1F. The number of esters is 1. The lowest BCUT2D eigenvalue weighted by Crippen LogP contribution is -2.09. The lowest BCUT2D eigenvalue weighted by molar-refractivity contribution is 0.0734. The zero-order chi connectivity index (χ0) is 27.0. The van der Waals surface area contributed by atoms with Crippen LogP contribution < -0.4 is 4.74 Å². The van der Waals surface area contributed by atoms with Crippen molar-refractivity contribution >= 4 is 5.97 Å². The molecule has 1 aromatic heterocycles. The Labute approximate surface area is 228 Å². The van der Waals surface area contributed by atoms with Gasteiger partial charge < -0.3 is 4.74 Å². The number of aryl methyl sites for hydroxylation is 2. The van der Waals surface area contributed by atoms with Gasteiger partial charge in [0.25, 0.3) is 0 Å². The lowest BCUT2D eigenvalue weighted by atomic mass is 10.0. The first-order chi connectivity index (χ1) is 18.6. The van der Waals surface area contributed by atoms with E-state index in [1.165, 1.54) is 63.9 Å². The second-order valence-electron chi connectivity index (χ2n) is 10.2.